The van der Waals surface area contributed by atoms with Gasteiger partial charge in [-0.25, -0.2) is 4.68 Å². The van der Waals surface area contributed by atoms with E-state index in [1.54, 1.807) is 0 Å². The van der Waals surface area contributed by atoms with Gasteiger partial charge in [-0.15, -0.1) is 5.10 Å². The van der Waals surface area contributed by atoms with Crippen LogP contribution in [0.25, 0.3) is 0 Å². The minimum Gasteiger partial charge on any atom is -0.310 e. The molecule has 0 aliphatic heterocycles. The Hall–Kier alpha value is -0.970. The van der Waals surface area contributed by atoms with E-state index in [9.17, 15) is 0 Å². The molecular formula is C12H23N5. The van der Waals surface area contributed by atoms with E-state index in [0.29, 0.717) is 12.0 Å². The fourth-order valence-corrected chi connectivity index (χ4v) is 2.24. The molecule has 0 spiro atoms. The highest BCUT2D eigenvalue weighted by molar-refractivity contribution is 4.87. The molecular weight excluding hydrogens is 214 g/mol. The topological polar surface area (TPSA) is 55.6 Å². The maximum absolute atomic E-state index is 4.13. The minimum absolute atomic E-state index is 0.439. The number of nitrogens with zero attached hydrogens (tertiary/aromatic N) is 4. The summed E-state index contributed by atoms with van der Waals surface area (Å²) in [6.07, 6.45) is 4.00. The maximum atomic E-state index is 4.13. The van der Waals surface area contributed by atoms with Crippen LogP contribution in [0.3, 0.4) is 0 Å². The number of rotatable bonds is 6. The van der Waals surface area contributed by atoms with Gasteiger partial charge in [0.2, 0.25) is 0 Å². The van der Waals surface area contributed by atoms with E-state index >= 15 is 0 Å². The lowest BCUT2D eigenvalue weighted by Crippen LogP contribution is -2.27. The van der Waals surface area contributed by atoms with E-state index in [1.165, 1.54) is 19.3 Å². The van der Waals surface area contributed by atoms with Crippen LogP contribution in [-0.4, -0.2) is 26.8 Å². The molecule has 1 saturated carbocycles. The summed E-state index contributed by atoms with van der Waals surface area (Å²) in [6, 6.07) is 0.439. The van der Waals surface area contributed by atoms with Crippen molar-refractivity contribution in [2.45, 2.75) is 52.6 Å². The summed E-state index contributed by atoms with van der Waals surface area (Å²) in [5, 5.41) is 15.4. The SMILES string of the molecule is CC(C)CNCc1nnnn1C(C)C1CCC1. The maximum Gasteiger partial charge on any atom is 0.165 e. The van der Waals surface area contributed by atoms with E-state index in [1.807, 2.05) is 4.68 Å². The summed E-state index contributed by atoms with van der Waals surface area (Å²) >= 11 is 0. The van der Waals surface area contributed by atoms with Crippen molar-refractivity contribution in [2.75, 3.05) is 6.54 Å². The summed E-state index contributed by atoms with van der Waals surface area (Å²) < 4.78 is 2.00. The van der Waals surface area contributed by atoms with Gasteiger partial charge < -0.3 is 5.32 Å². The molecule has 96 valence electrons. The first kappa shape index (κ1) is 12.5. The van der Waals surface area contributed by atoms with Crippen LogP contribution in [-0.2, 0) is 6.54 Å². The zero-order valence-corrected chi connectivity index (χ0v) is 11.1. The van der Waals surface area contributed by atoms with Crippen molar-refractivity contribution >= 4 is 0 Å². The Morgan fingerprint density at radius 1 is 1.35 bits per heavy atom. The van der Waals surface area contributed by atoms with Gasteiger partial charge in [-0.05, 0) is 48.6 Å². The fourth-order valence-electron chi connectivity index (χ4n) is 2.24. The molecule has 1 unspecified atom stereocenters. The predicted octanol–water partition coefficient (Wildman–Crippen LogP) is 1.78. The van der Waals surface area contributed by atoms with Crippen LogP contribution in [0.2, 0.25) is 0 Å². The van der Waals surface area contributed by atoms with Crippen molar-refractivity contribution in [2.24, 2.45) is 11.8 Å². The van der Waals surface area contributed by atoms with Gasteiger partial charge >= 0.3 is 0 Å². The van der Waals surface area contributed by atoms with Crippen molar-refractivity contribution < 1.29 is 0 Å². The second-order valence-corrected chi connectivity index (χ2v) is 5.50. The van der Waals surface area contributed by atoms with E-state index in [4.69, 9.17) is 0 Å². The monoisotopic (exact) mass is 237 g/mol. The number of aromatic nitrogens is 4. The van der Waals surface area contributed by atoms with Gasteiger partial charge in [-0.1, -0.05) is 20.3 Å². The molecule has 1 aliphatic rings. The van der Waals surface area contributed by atoms with Crippen molar-refractivity contribution in [3.05, 3.63) is 5.82 Å². The third-order valence-electron chi connectivity index (χ3n) is 3.61. The molecule has 17 heavy (non-hydrogen) atoms. The standard InChI is InChI=1S/C12H23N5/c1-9(2)7-13-8-12-14-15-16-17(12)10(3)11-5-4-6-11/h9-11,13H,4-8H2,1-3H3. The lowest BCUT2D eigenvalue weighted by Gasteiger charge is -2.31. The largest absolute Gasteiger partial charge is 0.310 e. The van der Waals surface area contributed by atoms with Crippen LogP contribution in [0.5, 0.6) is 0 Å². The normalized spacial score (nSPS) is 18.4. The Bertz CT molecular complexity index is 342. The molecule has 5 heteroatoms. The molecule has 5 nitrogen and oxygen atoms in total. The average Bonchev–Trinajstić information content (AvgIpc) is 2.62. The summed E-state index contributed by atoms with van der Waals surface area (Å²) in [5.74, 6) is 2.38. The zero-order valence-electron chi connectivity index (χ0n) is 11.1. The first-order valence-electron chi connectivity index (χ1n) is 6.66. The van der Waals surface area contributed by atoms with Gasteiger partial charge in [0.1, 0.15) is 0 Å². The smallest absolute Gasteiger partial charge is 0.165 e. The van der Waals surface area contributed by atoms with Crippen LogP contribution in [0, 0.1) is 11.8 Å². The van der Waals surface area contributed by atoms with E-state index in [0.717, 1.165) is 24.8 Å². The predicted molar refractivity (Wildman–Crippen MR) is 66.4 cm³/mol. The number of hydrogen-bond acceptors (Lipinski definition) is 4. The molecule has 1 N–H and O–H groups in total. The van der Waals surface area contributed by atoms with Crippen LogP contribution in [0.1, 0.15) is 51.9 Å². The molecule has 0 saturated heterocycles. The lowest BCUT2D eigenvalue weighted by molar-refractivity contribution is 0.204. The molecule has 1 atom stereocenters. The molecule has 1 heterocycles. The molecule has 0 aromatic carbocycles. The van der Waals surface area contributed by atoms with Gasteiger partial charge in [0, 0.05) is 0 Å². The van der Waals surface area contributed by atoms with Gasteiger partial charge in [0.05, 0.1) is 12.6 Å². The Morgan fingerprint density at radius 3 is 2.71 bits per heavy atom. The van der Waals surface area contributed by atoms with Crippen molar-refractivity contribution in [1.82, 2.24) is 25.5 Å². The first-order chi connectivity index (χ1) is 8.18. The molecule has 1 aromatic heterocycles. The van der Waals surface area contributed by atoms with E-state index in [-0.39, 0.29) is 0 Å². The summed E-state index contributed by atoms with van der Waals surface area (Å²) in [6.45, 7) is 8.40. The molecule has 0 radical (unpaired) electrons. The molecule has 1 fully saturated rings. The van der Waals surface area contributed by atoms with E-state index in [2.05, 4.69) is 41.6 Å². The van der Waals surface area contributed by atoms with Crippen LogP contribution in [0.15, 0.2) is 0 Å². The average molecular weight is 237 g/mol. The third-order valence-corrected chi connectivity index (χ3v) is 3.61. The highest BCUT2D eigenvalue weighted by Gasteiger charge is 2.27. The third kappa shape index (κ3) is 3.03. The molecule has 2 rings (SSSR count). The summed E-state index contributed by atoms with van der Waals surface area (Å²) in [5.41, 5.74) is 0. The molecule has 1 aromatic rings. The van der Waals surface area contributed by atoms with Gasteiger partial charge in [0.15, 0.2) is 5.82 Å². The Labute approximate surface area is 103 Å². The summed E-state index contributed by atoms with van der Waals surface area (Å²) in [7, 11) is 0. The highest BCUT2D eigenvalue weighted by atomic mass is 15.6. The van der Waals surface area contributed by atoms with Gasteiger partial charge in [-0.2, -0.15) is 0 Å². The minimum atomic E-state index is 0.439. The van der Waals surface area contributed by atoms with Crippen molar-refractivity contribution in [1.29, 1.82) is 0 Å². The quantitative estimate of drug-likeness (QED) is 0.819. The fraction of sp³-hybridized carbons (Fsp3) is 0.917. The first-order valence-corrected chi connectivity index (χ1v) is 6.66. The van der Waals surface area contributed by atoms with E-state index < -0.39 is 0 Å². The molecule has 0 bridgehead atoms. The van der Waals surface area contributed by atoms with Gasteiger partial charge in [-0.3, -0.25) is 0 Å². The van der Waals surface area contributed by atoms with Crippen LogP contribution in [0.4, 0.5) is 0 Å². The van der Waals surface area contributed by atoms with Crippen molar-refractivity contribution in [3.8, 4) is 0 Å². The highest BCUT2D eigenvalue weighted by Crippen LogP contribution is 2.35. The van der Waals surface area contributed by atoms with Gasteiger partial charge in [0.25, 0.3) is 0 Å². The second kappa shape index (κ2) is 5.58. The Balaban J connectivity index is 1.91. The lowest BCUT2D eigenvalue weighted by atomic mass is 9.80. The Kier molecular flexibility index (Phi) is 4.10. The number of tetrazole rings is 1. The Morgan fingerprint density at radius 2 is 2.12 bits per heavy atom. The molecule has 0 amide bonds. The van der Waals surface area contributed by atoms with Crippen molar-refractivity contribution in [3.63, 3.8) is 0 Å². The van der Waals surface area contributed by atoms with Crippen LogP contribution >= 0.6 is 0 Å². The number of hydrogen-bond donors (Lipinski definition) is 1. The molecule has 1 aliphatic carbocycles. The number of nitrogens with one attached hydrogen (secondary N) is 1. The second-order valence-electron chi connectivity index (χ2n) is 5.50. The van der Waals surface area contributed by atoms with Crippen LogP contribution < -0.4 is 5.32 Å². The zero-order chi connectivity index (χ0) is 12.3. The summed E-state index contributed by atoms with van der Waals surface area (Å²) in [4.78, 5) is 0.